The highest BCUT2D eigenvalue weighted by molar-refractivity contribution is 5.97. The van der Waals surface area contributed by atoms with Crippen LogP contribution in [0.5, 0.6) is 0 Å². The fourth-order valence-electron chi connectivity index (χ4n) is 11.3. The van der Waals surface area contributed by atoms with Crippen molar-refractivity contribution in [1.29, 1.82) is 0 Å². The largest absolute Gasteiger partial charge is 0.310 e. The Bertz CT molecular complexity index is 3560. The lowest BCUT2D eigenvalue weighted by Crippen LogP contribution is -2.26. The summed E-state index contributed by atoms with van der Waals surface area (Å²) in [6.45, 7) is 0. The summed E-state index contributed by atoms with van der Waals surface area (Å²) in [6.07, 6.45) is 0. The van der Waals surface area contributed by atoms with Crippen molar-refractivity contribution in [3.63, 3.8) is 0 Å². The lowest BCUT2D eigenvalue weighted by Gasteiger charge is -2.33. The zero-order valence-electron chi connectivity index (χ0n) is 38.5. The average Bonchev–Trinajstić information content (AvgIpc) is 3.90. The first-order valence-corrected chi connectivity index (χ1v) is 24.1. The summed E-state index contributed by atoms with van der Waals surface area (Å²) in [4.78, 5) is 7.15. The number of benzene rings is 11. The summed E-state index contributed by atoms with van der Waals surface area (Å²) < 4.78 is 0. The predicted molar refractivity (Wildman–Crippen MR) is 292 cm³/mol. The second kappa shape index (κ2) is 17.2. The summed E-state index contributed by atoms with van der Waals surface area (Å²) in [7, 11) is 0. The quantitative estimate of drug-likeness (QED) is 0.135. The molecule has 0 aliphatic heterocycles. The molecule has 13 rings (SSSR count). The third kappa shape index (κ3) is 6.74. The Morgan fingerprint density at radius 2 is 0.471 bits per heavy atom. The van der Waals surface area contributed by atoms with Crippen molar-refractivity contribution in [1.82, 2.24) is 0 Å². The van der Waals surface area contributed by atoms with Gasteiger partial charge in [0.2, 0.25) is 0 Å². The Morgan fingerprint density at radius 3 is 0.900 bits per heavy atom. The molecule has 1 spiro atoms. The highest BCUT2D eigenvalue weighted by atomic mass is 15.2. The number of para-hydroxylation sites is 3. The molecule has 330 valence electrons. The van der Waals surface area contributed by atoms with Crippen LogP contribution in [0, 0.1) is 0 Å². The molecule has 3 nitrogen and oxygen atoms in total. The van der Waals surface area contributed by atoms with Crippen molar-refractivity contribution in [2.45, 2.75) is 5.41 Å². The molecule has 0 aromatic heterocycles. The molecular weight excluding hydrogens is 847 g/mol. The molecule has 0 saturated heterocycles. The van der Waals surface area contributed by atoms with Crippen LogP contribution in [0.3, 0.4) is 0 Å². The summed E-state index contributed by atoms with van der Waals surface area (Å²) in [5.41, 5.74) is 21.9. The van der Waals surface area contributed by atoms with Gasteiger partial charge in [-0.2, -0.15) is 0 Å². The van der Waals surface area contributed by atoms with Gasteiger partial charge in [0.25, 0.3) is 0 Å². The smallest absolute Gasteiger partial charge is 0.0726 e. The standard InChI is InChI=1S/C67H47N3/c1-5-21-48(22-6-1)49-39-41-53(42-40-49)69(52-27-11-4-12-28-52)55-30-20-32-57(46-55)70(56-31-19-29-54(45-56)68(50-23-7-2-8-24-50)51-25-9-3-10-26-51)58-43-44-62-61-35-15-18-38-65(61)67(66(62)47-58)63-36-16-13-33-59(63)60-34-14-17-37-64(60)67/h1-47H. The second-order valence-corrected chi connectivity index (χ2v) is 18.1. The maximum absolute atomic E-state index is 2.48. The van der Waals surface area contributed by atoms with Crippen LogP contribution in [0.15, 0.2) is 285 Å². The van der Waals surface area contributed by atoms with Crippen LogP contribution >= 0.6 is 0 Å². The van der Waals surface area contributed by atoms with Gasteiger partial charge in [-0.3, -0.25) is 0 Å². The fourth-order valence-corrected chi connectivity index (χ4v) is 11.3. The molecule has 0 saturated carbocycles. The molecule has 0 N–H and O–H groups in total. The molecule has 0 fully saturated rings. The molecule has 0 amide bonds. The van der Waals surface area contributed by atoms with E-state index in [1.165, 1.54) is 55.6 Å². The lowest BCUT2D eigenvalue weighted by molar-refractivity contribution is 0.793. The van der Waals surface area contributed by atoms with E-state index in [9.17, 15) is 0 Å². The maximum atomic E-state index is 2.48. The minimum atomic E-state index is -0.488. The van der Waals surface area contributed by atoms with Crippen LogP contribution < -0.4 is 14.7 Å². The summed E-state index contributed by atoms with van der Waals surface area (Å²) in [6, 6.07) is 104. The van der Waals surface area contributed by atoms with E-state index in [2.05, 4.69) is 300 Å². The van der Waals surface area contributed by atoms with Crippen molar-refractivity contribution >= 4 is 51.2 Å². The zero-order chi connectivity index (χ0) is 46.4. The molecule has 0 atom stereocenters. The minimum Gasteiger partial charge on any atom is -0.310 e. The Kier molecular flexibility index (Phi) is 10.1. The van der Waals surface area contributed by atoms with Gasteiger partial charge < -0.3 is 14.7 Å². The molecule has 3 heteroatoms. The molecule has 11 aromatic rings. The zero-order valence-corrected chi connectivity index (χ0v) is 38.5. The van der Waals surface area contributed by atoms with E-state index in [-0.39, 0.29) is 0 Å². The average molecular weight is 894 g/mol. The predicted octanol–water partition coefficient (Wildman–Crippen LogP) is 18.1. The molecule has 70 heavy (non-hydrogen) atoms. The number of fused-ring (bicyclic) bond motifs is 10. The van der Waals surface area contributed by atoms with Crippen molar-refractivity contribution in [2.75, 3.05) is 14.7 Å². The minimum absolute atomic E-state index is 0.488. The highest BCUT2D eigenvalue weighted by Gasteiger charge is 2.51. The Labute approximate surface area is 410 Å². The van der Waals surface area contributed by atoms with Gasteiger partial charge in [0.15, 0.2) is 0 Å². The number of anilines is 9. The second-order valence-electron chi connectivity index (χ2n) is 18.1. The molecule has 11 aromatic carbocycles. The van der Waals surface area contributed by atoms with E-state index in [4.69, 9.17) is 0 Å². The Morgan fingerprint density at radius 1 is 0.186 bits per heavy atom. The van der Waals surface area contributed by atoms with Gasteiger partial charge in [0.05, 0.1) is 5.41 Å². The molecule has 0 bridgehead atoms. The van der Waals surface area contributed by atoms with Gasteiger partial charge in [-0.25, -0.2) is 0 Å². The molecule has 0 radical (unpaired) electrons. The third-order valence-corrected chi connectivity index (χ3v) is 14.2. The van der Waals surface area contributed by atoms with E-state index in [0.717, 1.165) is 51.2 Å². The Hall–Kier alpha value is -9.18. The highest BCUT2D eigenvalue weighted by Crippen LogP contribution is 2.63. The maximum Gasteiger partial charge on any atom is 0.0726 e. The number of rotatable bonds is 10. The van der Waals surface area contributed by atoms with Crippen molar-refractivity contribution in [2.24, 2.45) is 0 Å². The molecule has 2 aliphatic rings. The topological polar surface area (TPSA) is 9.72 Å². The summed E-state index contributed by atoms with van der Waals surface area (Å²) in [5.74, 6) is 0. The van der Waals surface area contributed by atoms with Crippen LogP contribution in [0.2, 0.25) is 0 Å². The van der Waals surface area contributed by atoms with Crippen LogP contribution in [-0.2, 0) is 5.41 Å². The normalized spacial score (nSPS) is 12.4. The monoisotopic (exact) mass is 893 g/mol. The number of nitrogens with zero attached hydrogens (tertiary/aromatic N) is 3. The van der Waals surface area contributed by atoms with Crippen LogP contribution in [0.1, 0.15) is 22.3 Å². The van der Waals surface area contributed by atoms with Gasteiger partial charge in [0, 0.05) is 51.2 Å². The van der Waals surface area contributed by atoms with Crippen LogP contribution in [0.4, 0.5) is 51.2 Å². The van der Waals surface area contributed by atoms with Crippen LogP contribution in [-0.4, -0.2) is 0 Å². The van der Waals surface area contributed by atoms with Gasteiger partial charge in [0.1, 0.15) is 0 Å². The van der Waals surface area contributed by atoms with Crippen molar-refractivity contribution in [3.05, 3.63) is 307 Å². The van der Waals surface area contributed by atoms with Gasteiger partial charge in [-0.1, -0.05) is 188 Å². The van der Waals surface area contributed by atoms with E-state index in [0.29, 0.717) is 0 Å². The van der Waals surface area contributed by atoms with Crippen LogP contribution in [0.25, 0.3) is 33.4 Å². The summed E-state index contributed by atoms with van der Waals surface area (Å²) >= 11 is 0. The van der Waals surface area contributed by atoms with E-state index in [1.807, 2.05) is 0 Å². The van der Waals surface area contributed by atoms with Gasteiger partial charge >= 0.3 is 0 Å². The SMILES string of the molecule is c1ccc(-c2ccc(N(c3ccccc3)c3cccc(N(c4cccc(N(c5ccccc5)c5ccccc5)c4)c4ccc5c(c4)C4(c6ccccc6-c6ccccc64)c4ccccc4-5)c3)cc2)cc1. The number of hydrogen-bond donors (Lipinski definition) is 0. The van der Waals surface area contributed by atoms with E-state index >= 15 is 0 Å². The fraction of sp³-hybridized carbons (Fsp3) is 0.0149. The van der Waals surface area contributed by atoms with E-state index in [1.54, 1.807) is 0 Å². The molecule has 2 aliphatic carbocycles. The van der Waals surface area contributed by atoms with Crippen molar-refractivity contribution < 1.29 is 0 Å². The third-order valence-electron chi connectivity index (χ3n) is 14.2. The first kappa shape index (κ1) is 41.0. The first-order chi connectivity index (χ1) is 34.7. The summed E-state index contributed by atoms with van der Waals surface area (Å²) in [5, 5.41) is 0. The molecule has 0 heterocycles. The van der Waals surface area contributed by atoms with Crippen molar-refractivity contribution in [3.8, 4) is 33.4 Å². The van der Waals surface area contributed by atoms with E-state index < -0.39 is 5.41 Å². The first-order valence-electron chi connectivity index (χ1n) is 24.1. The van der Waals surface area contributed by atoms with Gasteiger partial charge in [-0.05, 0) is 153 Å². The Balaban J connectivity index is 1.02. The molecular formula is C67H47N3. The number of hydrogen-bond acceptors (Lipinski definition) is 3. The molecule has 0 unspecified atom stereocenters. The van der Waals surface area contributed by atoms with Gasteiger partial charge in [-0.15, -0.1) is 0 Å². The lowest BCUT2D eigenvalue weighted by atomic mass is 9.70.